The summed E-state index contributed by atoms with van der Waals surface area (Å²) in [4.78, 5) is 31.3. The van der Waals surface area contributed by atoms with Gasteiger partial charge in [0.2, 0.25) is 5.91 Å². The molecule has 2 aliphatic rings. The van der Waals surface area contributed by atoms with Crippen molar-refractivity contribution in [1.82, 2.24) is 15.1 Å². The van der Waals surface area contributed by atoms with Gasteiger partial charge in [-0.15, -0.1) is 0 Å². The van der Waals surface area contributed by atoms with Gasteiger partial charge in [0.15, 0.2) is 0 Å². The van der Waals surface area contributed by atoms with Gasteiger partial charge in [-0.3, -0.25) is 9.59 Å². The van der Waals surface area contributed by atoms with E-state index < -0.39 is 0 Å². The summed E-state index contributed by atoms with van der Waals surface area (Å²) >= 11 is 0. The van der Waals surface area contributed by atoms with Crippen molar-refractivity contribution < 1.29 is 9.59 Å². The second kappa shape index (κ2) is 11.6. The predicted octanol–water partition coefficient (Wildman–Crippen LogP) is 4.16. The maximum absolute atomic E-state index is 13.9. The zero-order chi connectivity index (χ0) is 24.0. The van der Waals surface area contributed by atoms with Crippen LogP contribution in [0.5, 0.6) is 0 Å². The van der Waals surface area contributed by atoms with E-state index in [9.17, 15) is 9.59 Å². The Hall–Kier alpha value is -1.72. The number of carbonyl (C=O) groups excluding carboxylic acids is 2. The third-order valence-electron chi connectivity index (χ3n) is 7.59. The topological polar surface area (TPSA) is 52.7 Å². The molecule has 184 valence electrons. The van der Waals surface area contributed by atoms with E-state index in [0.717, 1.165) is 45.4 Å². The minimum absolute atomic E-state index is 0.00772. The average Bonchev–Trinajstić information content (AvgIpc) is 3.06. The van der Waals surface area contributed by atoms with Crippen molar-refractivity contribution in [2.24, 2.45) is 17.3 Å². The lowest BCUT2D eigenvalue weighted by atomic mass is 9.81. The van der Waals surface area contributed by atoms with Crippen LogP contribution in [-0.4, -0.2) is 66.8 Å². The molecule has 33 heavy (non-hydrogen) atoms. The Balaban J connectivity index is 1.69. The lowest BCUT2D eigenvalue weighted by Crippen LogP contribution is -2.48. The first-order valence-electron chi connectivity index (χ1n) is 12.9. The summed E-state index contributed by atoms with van der Waals surface area (Å²) in [6.45, 7) is 12.4. The number of likely N-dealkylation sites (tertiary alicyclic amines) is 2. The largest absolute Gasteiger partial charge is 0.338 e. The molecule has 0 saturated carbocycles. The molecule has 1 amide bonds. The molecular weight excluding hydrogens is 410 g/mol. The van der Waals surface area contributed by atoms with Crippen LogP contribution >= 0.6 is 0 Å². The number of hydrogen-bond acceptors (Lipinski definition) is 4. The van der Waals surface area contributed by atoms with E-state index in [1.807, 2.05) is 14.0 Å². The van der Waals surface area contributed by atoms with Crippen molar-refractivity contribution in [1.29, 1.82) is 0 Å². The standard InChI is InChI=1S/C28H45N3O2/c1-21(29-5)26(32)18-24(19-28(2,3)4)27(33)31-17-14-23-12-9-15-30(20-25(23)31)16-13-22-10-7-6-8-11-22/h6-8,10-11,21,23-25,29H,9,12-20H2,1-5H3/t21-,23+,24-,25+/m0/s1. The number of ketones is 1. The van der Waals surface area contributed by atoms with E-state index in [-0.39, 0.29) is 35.1 Å². The Labute approximate surface area is 201 Å². The molecule has 2 fully saturated rings. The highest BCUT2D eigenvalue weighted by molar-refractivity contribution is 5.89. The van der Waals surface area contributed by atoms with Crippen molar-refractivity contribution in [3.05, 3.63) is 35.9 Å². The summed E-state index contributed by atoms with van der Waals surface area (Å²) in [5.74, 6) is 0.714. The number of carbonyl (C=O) groups is 2. The van der Waals surface area contributed by atoms with Gasteiger partial charge in [-0.25, -0.2) is 0 Å². The van der Waals surface area contributed by atoms with Crippen LogP contribution in [0, 0.1) is 17.3 Å². The lowest BCUT2D eigenvalue weighted by molar-refractivity contribution is -0.140. The Kier molecular flexibility index (Phi) is 9.11. The van der Waals surface area contributed by atoms with Crippen LogP contribution in [0.15, 0.2) is 30.3 Å². The summed E-state index contributed by atoms with van der Waals surface area (Å²) in [6, 6.07) is 10.8. The molecule has 0 aliphatic carbocycles. The predicted molar refractivity (Wildman–Crippen MR) is 135 cm³/mol. The van der Waals surface area contributed by atoms with Crippen LogP contribution in [-0.2, 0) is 16.0 Å². The molecule has 5 nitrogen and oxygen atoms in total. The Morgan fingerprint density at radius 1 is 1.12 bits per heavy atom. The Morgan fingerprint density at radius 2 is 1.85 bits per heavy atom. The number of likely N-dealkylation sites (N-methyl/N-ethyl adjacent to an activating group) is 1. The molecular formula is C28H45N3O2. The van der Waals surface area contributed by atoms with Crippen molar-refractivity contribution in [2.45, 2.75) is 78.3 Å². The number of nitrogens with one attached hydrogen (secondary N) is 1. The zero-order valence-corrected chi connectivity index (χ0v) is 21.5. The average molecular weight is 456 g/mol. The fourth-order valence-corrected chi connectivity index (χ4v) is 5.64. The highest BCUT2D eigenvalue weighted by Gasteiger charge is 2.42. The molecule has 0 unspecified atom stereocenters. The van der Waals surface area contributed by atoms with Gasteiger partial charge >= 0.3 is 0 Å². The molecule has 5 heteroatoms. The number of benzene rings is 1. The fourth-order valence-electron chi connectivity index (χ4n) is 5.64. The quantitative estimate of drug-likeness (QED) is 0.607. The molecule has 0 radical (unpaired) electrons. The zero-order valence-electron chi connectivity index (χ0n) is 21.5. The number of nitrogens with zero attached hydrogens (tertiary/aromatic N) is 2. The maximum Gasteiger partial charge on any atom is 0.226 e. The minimum Gasteiger partial charge on any atom is -0.338 e. The molecule has 2 saturated heterocycles. The summed E-state index contributed by atoms with van der Waals surface area (Å²) in [6.07, 6.45) is 5.65. The van der Waals surface area contributed by atoms with Gasteiger partial charge in [-0.1, -0.05) is 51.1 Å². The first kappa shape index (κ1) is 25.9. The SMILES string of the molecule is CN[C@@H](C)C(=O)C[C@@H](CC(C)(C)C)C(=O)N1CC[C@H]2CCCN(CCc3ccccc3)C[C@H]21. The van der Waals surface area contributed by atoms with Crippen molar-refractivity contribution in [3.63, 3.8) is 0 Å². The summed E-state index contributed by atoms with van der Waals surface area (Å²) in [7, 11) is 1.81. The Bertz CT molecular complexity index is 773. The summed E-state index contributed by atoms with van der Waals surface area (Å²) in [5.41, 5.74) is 1.38. The van der Waals surface area contributed by atoms with Gasteiger partial charge in [0.1, 0.15) is 5.78 Å². The fraction of sp³-hybridized carbons (Fsp3) is 0.714. The van der Waals surface area contributed by atoms with E-state index in [1.54, 1.807) is 0 Å². The third kappa shape index (κ3) is 7.38. The first-order chi connectivity index (χ1) is 15.7. The smallest absolute Gasteiger partial charge is 0.226 e. The van der Waals surface area contributed by atoms with Gasteiger partial charge in [0.25, 0.3) is 0 Å². The van der Waals surface area contributed by atoms with E-state index in [2.05, 4.69) is 66.2 Å². The van der Waals surface area contributed by atoms with E-state index >= 15 is 0 Å². The van der Waals surface area contributed by atoms with Crippen molar-refractivity contribution >= 4 is 11.7 Å². The van der Waals surface area contributed by atoms with Crippen LogP contribution < -0.4 is 5.32 Å². The molecule has 0 bridgehead atoms. The molecule has 4 atom stereocenters. The van der Waals surface area contributed by atoms with Crippen molar-refractivity contribution in [2.75, 3.05) is 33.2 Å². The van der Waals surface area contributed by atoms with Gasteiger partial charge < -0.3 is 15.1 Å². The number of rotatable bonds is 9. The molecule has 2 heterocycles. The molecule has 1 aromatic carbocycles. The number of Topliss-reactive ketones (excluding diaryl/α,β-unsaturated/α-hetero) is 1. The van der Waals surface area contributed by atoms with Crippen LogP contribution in [0.4, 0.5) is 0 Å². The summed E-state index contributed by atoms with van der Waals surface area (Å²) < 4.78 is 0. The van der Waals surface area contributed by atoms with Crippen LogP contribution in [0.3, 0.4) is 0 Å². The molecule has 2 aliphatic heterocycles. The number of fused-ring (bicyclic) bond motifs is 1. The van der Waals surface area contributed by atoms with Gasteiger partial charge in [0.05, 0.1) is 6.04 Å². The number of hydrogen-bond donors (Lipinski definition) is 1. The van der Waals surface area contributed by atoms with Crippen molar-refractivity contribution in [3.8, 4) is 0 Å². The summed E-state index contributed by atoms with van der Waals surface area (Å²) in [5, 5.41) is 3.05. The third-order valence-corrected chi connectivity index (χ3v) is 7.59. The molecule has 0 spiro atoms. The number of amides is 1. The van der Waals surface area contributed by atoms with Crippen LogP contribution in [0.1, 0.15) is 65.4 Å². The van der Waals surface area contributed by atoms with E-state index in [4.69, 9.17) is 0 Å². The lowest BCUT2D eigenvalue weighted by Gasteiger charge is -2.35. The van der Waals surface area contributed by atoms with Gasteiger partial charge in [-0.05, 0) is 69.5 Å². The molecule has 0 aromatic heterocycles. The molecule has 1 N–H and O–H groups in total. The molecule has 3 rings (SSSR count). The van der Waals surface area contributed by atoms with Crippen LogP contribution in [0.25, 0.3) is 0 Å². The monoisotopic (exact) mass is 455 g/mol. The second-order valence-corrected chi connectivity index (χ2v) is 11.5. The highest BCUT2D eigenvalue weighted by Crippen LogP contribution is 2.35. The van der Waals surface area contributed by atoms with E-state index in [1.165, 1.54) is 18.4 Å². The van der Waals surface area contributed by atoms with E-state index in [0.29, 0.717) is 12.3 Å². The minimum atomic E-state index is -0.229. The normalized spacial score (nSPS) is 23.6. The van der Waals surface area contributed by atoms with Crippen LogP contribution in [0.2, 0.25) is 0 Å². The van der Waals surface area contributed by atoms with Gasteiger partial charge in [0, 0.05) is 38.0 Å². The highest BCUT2D eigenvalue weighted by atomic mass is 16.2. The first-order valence-corrected chi connectivity index (χ1v) is 12.9. The van der Waals surface area contributed by atoms with Gasteiger partial charge in [-0.2, -0.15) is 0 Å². The second-order valence-electron chi connectivity index (χ2n) is 11.5. The Morgan fingerprint density at radius 3 is 2.52 bits per heavy atom. The maximum atomic E-state index is 13.9. The molecule has 1 aromatic rings.